The predicted octanol–water partition coefficient (Wildman–Crippen LogP) is 4.33. The summed E-state index contributed by atoms with van der Waals surface area (Å²) in [7, 11) is 0. The van der Waals surface area contributed by atoms with Crippen LogP contribution in [0.5, 0.6) is 0 Å². The highest BCUT2D eigenvalue weighted by Gasteiger charge is 2.17. The number of hydrogen-bond donors (Lipinski definition) is 1. The summed E-state index contributed by atoms with van der Waals surface area (Å²) in [5.74, 6) is -0.142. The highest BCUT2D eigenvalue weighted by Crippen LogP contribution is 2.18. The Morgan fingerprint density at radius 3 is 2.46 bits per heavy atom. The largest absolute Gasteiger partial charge is 0.345 e. The Balaban J connectivity index is 1.78. The summed E-state index contributed by atoms with van der Waals surface area (Å²) in [5, 5.41) is 8.02. The molecular weight excluding hydrogens is 322 g/mol. The number of carbonyl (C=O) groups excluding carboxylic acids is 1. The molecule has 0 aliphatic rings. The van der Waals surface area contributed by atoms with E-state index in [1.165, 1.54) is 0 Å². The third-order valence-corrected chi connectivity index (χ3v) is 4.22. The summed E-state index contributed by atoms with van der Waals surface area (Å²) in [6.07, 6.45) is 1.60. The molecule has 0 unspecified atom stereocenters. The van der Waals surface area contributed by atoms with Crippen molar-refractivity contribution in [2.24, 2.45) is 0 Å². The topological polar surface area (TPSA) is 46.9 Å². The number of carbonyl (C=O) groups is 1. The average Bonchev–Trinajstić information content (AvgIpc) is 2.98. The summed E-state index contributed by atoms with van der Waals surface area (Å²) < 4.78 is 1.77. The molecule has 0 spiro atoms. The van der Waals surface area contributed by atoms with Crippen LogP contribution in [0.15, 0.2) is 60.8 Å². The van der Waals surface area contributed by atoms with Crippen molar-refractivity contribution in [2.45, 2.75) is 19.9 Å². The minimum Gasteiger partial charge on any atom is -0.345 e. The van der Waals surface area contributed by atoms with Gasteiger partial charge in [0, 0.05) is 5.02 Å². The molecule has 0 aliphatic carbocycles. The number of aromatic nitrogens is 2. The molecule has 0 saturated carbocycles. The van der Waals surface area contributed by atoms with E-state index in [1.807, 2.05) is 68.4 Å². The van der Waals surface area contributed by atoms with E-state index in [-0.39, 0.29) is 11.9 Å². The Hall–Kier alpha value is -2.59. The van der Waals surface area contributed by atoms with Gasteiger partial charge in [-0.1, -0.05) is 41.9 Å². The Morgan fingerprint density at radius 2 is 1.79 bits per heavy atom. The number of rotatable bonds is 4. The first-order chi connectivity index (χ1) is 11.6. The van der Waals surface area contributed by atoms with Gasteiger partial charge >= 0.3 is 0 Å². The van der Waals surface area contributed by atoms with Gasteiger partial charge in [-0.15, -0.1) is 0 Å². The van der Waals surface area contributed by atoms with E-state index < -0.39 is 0 Å². The molecule has 0 radical (unpaired) electrons. The van der Waals surface area contributed by atoms with E-state index in [9.17, 15) is 4.79 Å². The third-order valence-electron chi connectivity index (χ3n) is 3.97. The summed E-state index contributed by atoms with van der Waals surface area (Å²) in [4.78, 5) is 12.6. The second kappa shape index (κ2) is 6.89. The van der Waals surface area contributed by atoms with Gasteiger partial charge in [0.05, 0.1) is 29.2 Å². The first kappa shape index (κ1) is 16.3. The van der Waals surface area contributed by atoms with Crippen LogP contribution in [0, 0.1) is 6.92 Å². The van der Waals surface area contributed by atoms with E-state index in [0.717, 1.165) is 16.9 Å². The lowest BCUT2D eigenvalue weighted by molar-refractivity contribution is 0.0939. The highest BCUT2D eigenvalue weighted by molar-refractivity contribution is 6.30. The smallest absolute Gasteiger partial charge is 0.255 e. The van der Waals surface area contributed by atoms with Crippen LogP contribution in [0.1, 0.15) is 34.6 Å². The van der Waals surface area contributed by atoms with Gasteiger partial charge in [-0.3, -0.25) is 4.79 Å². The molecular formula is C19H18ClN3O. The minimum atomic E-state index is -0.142. The SMILES string of the molecule is Cc1c(C(=O)N[C@H](C)c2ccc(Cl)cc2)cnn1-c1ccccc1. The maximum atomic E-state index is 12.6. The molecule has 1 amide bonds. The summed E-state index contributed by atoms with van der Waals surface area (Å²) in [6, 6.07) is 17.1. The van der Waals surface area contributed by atoms with Crippen molar-refractivity contribution >= 4 is 17.5 Å². The maximum Gasteiger partial charge on any atom is 0.255 e. The molecule has 5 heteroatoms. The molecule has 0 aliphatic heterocycles. The zero-order chi connectivity index (χ0) is 17.1. The van der Waals surface area contributed by atoms with Crippen molar-refractivity contribution < 1.29 is 4.79 Å². The fourth-order valence-electron chi connectivity index (χ4n) is 2.57. The van der Waals surface area contributed by atoms with Crippen LogP contribution in [-0.4, -0.2) is 15.7 Å². The number of nitrogens with zero attached hydrogens (tertiary/aromatic N) is 2. The number of nitrogens with one attached hydrogen (secondary N) is 1. The van der Waals surface area contributed by atoms with E-state index in [2.05, 4.69) is 10.4 Å². The van der Waals surface area contributed by atoms with Gasteiger partial charge in [-0.2, -0.15) is 5.10 Å². The molecule has 1 atom stereocenters. The van der Waals surface area contributed by atoms with Crippen LogP contribution in [0.2, 0.25) is 5.02 Å². The molecule has 122 valence electrons. The van der Waals surface area contributed by atoms with Gasteiger partial charge in [0.15, 0.2) is 0 Å². The number of amides is 1. The van der Waals surface area contributed by atoms with Gasteiger partial charge in [0.1, 0.15) is 0 Å². The molecule has 1 heterocycles. The van der Waals surface area contributed by atoms with Crippen LogP contribution < -0.4 is 5.32 Å². The van der Waals surface area contributed by atoms with Crippen molar-refractivity contribution in [3.8, 4) is 5.69 Å². The molecule has 1 N–H and O–H groups in total. The van der Waals surface area contributed by atoms with E-state index >= 15 is 0 Å². The lowest BCUT2D eigenvalue weighted by atomic mass is 10.1. The Bertz CT molecular complexity index is 841. The molecule has 0 fully saturated rings. The van der Waals surface area contributed by atoms with Crippen molar-refractivity contribution in [3.63, 3.8) is 0 Å². The Kier molecular flexibility index (Phi) is 4.67. The van der Waals surface area contributed by atoms with Gasteiger partial charge < -0.3 is 5.32 Å². The molecule has 3 aromatic rings. The summed E-state index contributed by atoms with van der Waals surface area (Å²) in [5.41, 5.74) is 3.31. The van der Waals surface area contributed by atoms with Crippen molar-refractivity contribution in [3.05, 3.63) is 82.6 Å². The second-order valence-corrected chi connectivity index (χ2v) is 6.07. The van der Waals surface area contributed by atoms with Crippen LogP contribution in [0.25, 0.3) is 5.69 Å². The third kappa shape index (κ3) is 3.34. The normalized spacial score (nSPS) is 12.0. The van der Waals surface area contributed by atoms with Crippen LogP contribution >= 0.6 is 11.6 Å². The number of halogens is 1. The average molecular weight is 340 g/mol. The lowest BCUT2D eigenvalue weighted by Gasteiger charge is -2.14. The fourth-order valence-corrected chi connectivity index (χ4v) is 2.70. The zero-order valence-corrected chi connectivity index (χ0v) is 14.3. The van der Waals surface area contributed by atoms with Gasteiger partial charge in [0.25, 0.3) is 5.91 Å². The molecule has 0 bridgehead atoms. The standard InChI is InChI=1S/C19H18ClN3O/c1-13(15-8-10-16(20)11-9-15)22-19(24)18-12-21-23(14(18)2)17-6-4-3-5-7-17/h3-13H,1-2H3,(H,22,24)/t13-/m1/s1. The summed E-state index contributed by atoms with van der Waals surface area (Å²) >= 11 is 5.90. The summed E-state index contributed by atoms with van der Waals surface area (Å²) in [6.45, 7) is 3.83. The van der Waals surface area contributed by atoms with Crippen molar-refractivity contribution in [2.75, 3.05) is 0 Å². The molecule has 3 rings (SSSR count). The minimum absolute atomic E-state index is 0.116. The number of para-hydroxylation sites is 1. The van der Waals surface area contributed by atoms with Crippen LogP contribution in [0.4, 0.5) is 0 Å². The Morgan fingerprint density at radius 1 is 1.12 bits per heavy atom. The van der Waals surface area contributed by atoms with Crippen LogP contribution in [-0.2, 0) is 0 Å². The number of benzene rings is 2. The highest BCUT2D eigenvalue weighted by atomic mass is 35.5. The Labute approximate surface area is 146 Å². The molecule has 4 nitrogen and oxygen atoms in total. The molecule has 1 aromatic heterocycles. The van der Waals surface area contributed by atoms with E-state index in [1.54, 1.807) is 10.9 Å². The fraction of sp³-hybridized carbons (Fsp3) is 0.158. The first-order valence-electron chi connectivity index (χ1n) is 7.72. The number of hydrogen-bond acceptors (Lipinski definition) is 2. The molecule has 2 aromatic carbocycles. The van der Waals surface area contributed by atoms with Gasteiger partial charge in [0.2, 0.25) is 0 Å². The molecule has 0 saturated heterocycles. The van der Waals surface area contributed by atoms with Gasteiger partial charge in [-0.25, -0.2) is 4.68 Å². The van der Waals surface area contributed by atoms with Crippen LogP contribution in [0.3, 0.4) is 0 Å². The van der Waals surface area contributed by atoms with E-state index in [0.29, 0.717) is 10.6 Å². The predicted molar refractivity (Wildman–Crippen MR) is 95.6 cm³/mol. The van der Waals surface area contributed by atoms with Crippen molar-refractivity contribution in [1.82, 2.24) is 15.1 Å². The quantitative estimate of drug-likeness (QED) is 0.769. The monoisotopic (exact) mass is 339 g/mol. The lowest BCUT2D eigenvalue weighted by Crippen LogP contribution is -2.27. The first-order valence-corrected chi connectivity index (χ1v) is 8.10. The molecule has 24 heavy (non-hydrogen) atoms. The van der Waals surface area contributed by atoms with Gasteiger partial charge in [-0.05, 0) is 43.7 Å². The zero-order valence-electron chi connectivity index (χ0n) is 13.5. The maximum absolute atomic E-state index is 12.6. The van der Waals surface area contributed by atoms with E-state index in [4.69, 9.17) is 11.6 Å². The van der Waals surface area contributed by atoms with Crippen molar-refractivity contribution in [1.29, 1.82) is 0 Å². The second-order valence-electron chi connectivity index (χ2n) is 5.64.